The number of aromatic amines is 1. The molecule has 3 atom stereocenters. The monoisotopic (exact) mass is 343 g/mol. The number of benzene rings is 1. The van der Waals surface area contributed by atoms with Crippen molar-refractivity contribution in [2.24, 2.45) is 5.41 Å². The number of hydrogen-bond donors (Lipinski definition) is 2. The highest BCUT2D eigenvalue weighted by molar-refractivity contribution is 5.79. The highest BCUT2D eigenvalue weighted by Crippen LogP contribution is 2.51. The number of H-pyrrole nitrogens is 1. The predicted molar refractivity (Wildman–Crippen MR) is 95.3 cm³/mol. The van der Waals surface area contributed by atoms with Crippen molar-refractivity contribution in [3.63, 3.8) is 0 Å². The summed E-state index contributed by atoms with van der Waals surface area (Å²) >= 11 is 0. The summed E-state index contributed by atoms with van der Waals surface area (Å²) in [5.74, 6) is 0.105. The first-order chi connectivity index (χ1) is 12.1. The van der Waals surface area contributed by atoms with Crippen molar-refractivity contribution in [3.05, 3.63) is 34.7 Å². The largest absolute Gasteiger partial charge is 0.396 e. The zero-order valence-corrected chi connectivity index (χ0v) is 14.6. The first kappa shape index (κ1) is 16.4. The minimum absolute atomic E-state index is 0.105. The molecule has 2 fully saturated rings. The molecule has 6 heteroatoms. The van der Waals surface area contributed by atoms with Crippen molar-refractivity contribution < 1.29 is 9.90 Å². The molecule has 2 N–H and O–H groups in total. The Balaban J connectivity index is 1.52. The van der Waals surface area contributed by atoms with Gasteiger partial charge < -0.3 is 15.0 Å². The van der Waals surface area contributed by atoms with Crippen LogP contribution in [0.4, 0.5) is 0 Å². The number of hydrogen-bond acceptors (Lipinski definition) is 3. The van der Waals surface area contributed by atoms with Gasteiger partial charge in [-0.25, -0.2) is 4.79 Å². The third kappa shape index (κ3) is 2.42. The van der Waals surface area contributed by atoms with E-state index in [0.29, 0.717) is 13.0 Å². The van der Waals surface area contributed by atoms with E-state index in [2.05, 4.69) is 11.9 Å². The van der Waals surface area contributed by atoms with E-state index in [4.69, 9.17) is 0 Å². The van der Waals surface area contributed by atoms with Crippen LogP contribution < -0.4 is 5.69 Å². The van der Waals surface area contributed by atoms with E-state index in [1.54, 1.807) is 4.57 Å². The van der Waals surface area contributed by atoms with Gasteiger partial charge in [-0.15, -0.1) is 0 Å². The summed E-state index contributed by atoms with van der Waals surface area (Å²) in [4.78, 5) is 29.9. The maximum atomic E-state index is 12.9. The standard InChI is InChI=1S/C19H25N3O3/c1-2-19(12-23)11-13-7-8-16(19)22(13)17(24)9-10-21-15-6-4-3-5-14(15)20-18(21)25/h3-6,13,16,23H,2,7-12H2,1H3,(H,20,25)/t13-,16+,19-/m1/s1. The Hall–Kier alpha value is -2.08. The van der Waals surface area contributed by atoms with Gasteiger partial charge in [0.05, 0.1) is 17.6 Å². The second-order valence-corrected chi connectivity index (χ2v) is 7.48. The van der Waals surface area contributed by atoms with Crippen LogP contribution in [0.15, 0.2) is 29.1 Å². The van der Waals surface area contributed by atoms with Crippen molar-refractivity contribution in [2.75, 3.05) is 6.61 Å². The van der Waals surface area contributed by atoms with Gasteiger partial charge in [0.25, 0.3) is 0 Å². The number of imidazole rings is 1. The Morgan fingerprint density at radius 3 is 2.88 bits per heavy atom. The van der Waals surface area contributed by atoms with Crippen LogP contribution in [-0.4, -0.2) is 44.2 Å². The first-order valence-electron chi connectivity index (χ1n) is 9.19. The summed E-state index contributed by atoms with van der Waals surface area (Å²) in [5.41, 5.74) is 1.34. The normalized spacial score (nSPS) is 28.2. The molecule has 1 aromatic carbocycles. The van der Waals surface area contributed by atoms with Crippen LogP contribution in [0, 0.1) is 5.41 Å². The zero-order chi connectivity index (χ0) is 17.6. The lowest BCUT2D eigenvalue weighted by molar-refractivity contribution is -0.133. The van der Waals surface area contributed by atoms with E-state index in [1.165, 1.54) is 0 Å². The molecular weight excluding hydrogens is 318 g/mol. The van der Waals surface area contributed by atoms with E-state index in [0.717, 1.165) is 36.7 Å². The third-order valence-electron chi connectivity index (χ3n) is 6.39. The van der Waals surface area contributed by atoms with Crippen LogP contribution in [0.5, 0.6) is 0 Å². The number of carbonyl (C=O) groups is 1. The third-order valence-corrected chi connectivity index (χ3v) is 6.39. The van der Waals surface area contributed by atoms with Crippen LogP contribution in [0.1, 0.15) is 39.0 Å². The van der Waals surface area contributed by atoms with E-state index in [1.807, 2.05) is 29.2 Å². The number of aliphatic hydroxyl groups is 1. The Morgan fingerprint density at radius 2 is 2.16 bits per heavy atom. The molecule has 25 heavy (non-hydrogen) atoms. The lowest BCUT2D eigenvalue weighted by Crippen LogP contribution is -2.42. The van der Waals surface area contributed by atoms with Crippen LogP contribution in [0.3, 0.4) is 0 Å². The predicted octanol–water partition coefficient (Wildman–Crippen LogP) is 1.87. The number of para-hydroxylation sites is 2. The molecular formula is C19H25N3O3. The SMILES string of the molecule is CC[C@]1(CO)C[C@H]2CC[C@@H]1N2C(=O)CCn1c(=O)[nH]c2ccccc21. The molecule has 2 aliphatic heterocycles. The van der Waals surface area contributed by atoms with Gasteiger partial charge in [-0.2, -0.15) is 0 Å². The van der Waals surface area contributed by atoms with Gasteiger partial charge >= 0.3 is 5.69 Å². The second-order valence-electron chi connectivity index (χ2n) is 7.48. The topological polar surface area (TPSA) is 78.3 Å². The number of aromatic nitrogens is 2. The minimum Gasteiger partial charge on any atom is -0.396 e. The lowest BCUT2D eigenvalue weighted by Gasteiger charge is -2.34. The average molecular weight is 343 g/mol. The van der Waals surface area contributed by atoms with Crippen molar-refractivity contribution in [1.29, 1.82) is 0 Å². The van der Waals surface area contributed by atoms with Gasteiger partial charge in [-0.3, -0.25) is 9.36 Å². The summed E-state index contributed by atoms with van der Waals surface area (Å²) in [6.07, 6.45) is 4.14. The highest BCUT2D eigenvalue weighted by atomic mass is 16.3. The average Bonchev–Trinajstić information content (AvgIpc) is 3.28. The molecule has 6 nitrogen and oxygen atoms in total. The second kappa shape index (κ2) is 6.02. The van der Waals surface area contributed by atoms with Gasteiger partial charge in [-0.05, 0) is 37.8 Å². The Bertz CT molecular complexity index is 849. The van der Waals surface area contributed by atoms with E-state index in [9.17, 15) is 14.7 Å². The summed E-state index contributed by atoms with van der Waals surface area (Å²) in [6.45, 7) is 2.64. The molecule has 2 saturated heterocycles. The van der Waals surface area contributed by atoms with Gasteiger partial charge in [0, 0.05) is 30.5 Å². The molecule has 3 heterocycles. The van der Waals surface area contributed by atoms with Gasteiger partial charge in [-0.1, -0.05) is 19.1 Å². The number of nitrogens with zero attached hydrogens (tertiary/aromatic N) is 2. The summed E-state index contributed by atoms with van der Waals surface area (Å²) in [6, 6.07) is 7.95. The van der Waals surface area contributed by atoms with Crippen molar-refractivity contribution in [1.82, 2.24) is 14.5 Å². The maximum absolute atomic E-state index is 12.9. The number of nitrogens with one attached hydrogen (secondary N) is 1. The molecule has 0 saturated carbocycles. The minimum atomic E-state index is -0.170. The molecule has 2 aromatic rings. The molecule has 4 rings (SSSR count). The van der Waals surface area contributed by atoms with E-state index < -0.39 is 0 Å². The van der Waals surface area contributed by atoms with Gasteiger partial charge in [0.2, 0.25) is 5.91 Å². The number of fused-ring (bicyclic) bond motifs is 3. The summed E-state index contributed by atoms with van der Waals surface area (Å²) in [5, 5.41) is 9.89. The number of aliphatic hydroxyl groups excluding tert-OH is 1. The lowest BCUT2D eigenvalue weighted by atomic mass is 9.72. The number of rotatable bonds is 5. The molecule has 0 unspecified atom stereocenters. The molecule has 0 spiro atoms. The number of aryl methyl sites for hydroxylation is 1. The zero-order valence-electron chi connectivity index (χ0n) is 14.6. The number of amides is 1. The Morgan fingerprint density at radius 1 is 1.36 bits per heavy atom. The quantitative estimate of drug-likeness (QED) is 0.870. The molecule has 1 amide bonds. The fraction of sp³-hybridized carbons (Fsp3) is 0.579. The smallest absolute Gasteiger partial charge is 0.326 e. The van der Waals surface area contributed by atoms with Crippen LogP contribution in [0.25, 0.3) is 11.0 Å². The van der Waals surface area contributed by atoms with E-state index >= 15 is 0 Å². The van der Waals surface area contributed by atoms with Gasteiger partial charge in [0.15, 0.2) is 0 Å². The van der Waals surface area contributed by atoms with Crippen LogP contribution >= 0.6 is 0 Å². The van der Waals surface area contributed by atoms with Crippen LogP contribution in [-0.2, 0) is 11.3 Å². The Labute approximate surface area is 146 Å². The van der Waals surface area contributed by atoms with E-state index in [-0.39, 0.29) is 35.7 Å². The Kier molecular flexibility index (Phi) is 3.95. The molecule has 1 aromatic heterocycles. The maximum Gasteiger partial charge on any atom is 0.326 e. The molecule has 2 bridgehead atoms. The highest BCUT2D eigenvalue weighted by Gasteiger charge is 2.55. The summed E-state index contributed by atoms with van der Waals surface area (Å²) in [7, 11) is 0. The fourth-order valence-electron chi connectivity index (χ4n) is 4.99. The van der Waals surface area contributed by atoms with Crippen LogP contribution in [0.2, 0.25) is 0 Å². The fourth-order valence-corrected chi connectivity index (χ4v) is 4.99. The molecule has 134 valence electrons. The number of carbonyl (C=O) groups excluding carboxylic acids is 1. The van der Waals surface area contributed by atoms with Crippen molar-refractivity contribution in [2.45, 2.75) is 57.7 Å². The van der Waals surface area contributed by atoms with Crippen molar-refractivity contribution >= 4 is 16.9 Å². The molecule has 0 radical (unpaired) electrons. The van der Waals surface area contributed by atoms with Gasteiger partial charge in [0.1, 0.15) is 0 Å². The molecule has 0 aliphatic carbocycles. The first-order valence-corrected chi connectivity index (χ1v) is 9.19. The van der Waals surface area contributed by atoms with Crippen molar-refractivity contribution in [3.8, 4) is 0 Å². The summed E-state index contributed by atoms with van der Waals surface area (Å²) < 4.78 is 1.64. The molecule has 2 aliphatic rings.